The predicted molar refractivity (Wildman–Crippen MR) is 131 cm³/mol. The highest BCUT2D eigenvalue weighted by Gasteiger charge is 2.30. The highest BCUT2D eigenvalue weighted by Crippen LogP contribution is 2.23. The molecule has 0 aromatic heterocycles. The molecule has 9 nitrogen and oxygen atoms in total. The van der Waals surface area contributed by atoms with E-state index in [1.165, 1.54) is 23.4 Å². The molecule has 0 bridgehead atoms. The van der Waals surface area contributed by atoms with Crippen LogP contribution in [0.25, 0.3) is 0 Å². The maximum atomic E-state index is 13.0. The first-order valence-electron chi connectivity index (χ1n) is 11.8. The lowest BCUT2D eigenvalue weighted by Gasteiger charge is -2.31. The number of sulfonamides is 1. The average molecular weight is 499 g/mol. The van der Waals surface area contributed by atoms with Gasteiger partial charge >= 0.3 is 0 Å². The van der Waals surface area contributed by atoms with Gasteiger partial charge in [-0.2, -0.15) is 4.31 Å². The van der Waals surface area contributed by atoms with Crippen LogP contribution in [0.2, 0.25) is 0 Å². The molecule has 0 atom stereocenters. The molecule has 2 saturated heterocycles. The van der Waals surface area contributed by atoms with Crippen molar-refractivity contribution in [2.24, 2.45) is 0 Å². The number of anilines is 1. The molecule has 2 aromatic rings. The highest BCUT2D eigenvalue weighted by molar-refractivity contribution is 7.89. The third-order valence-electron chi connectivity index (χ3n) is 6.36. The van der Waals surface area contributed by atoms with Crippen LogP contribution in [-0.2, 0) is 26.2 Å². The number of nitrogens with zero attached hydrogens (tertiary/aromatic N) is 2. The molecule has 0 radical (unpaired) electrons. The van der Waals surface area contributed by atoms with Gasteiger partial charge in [0.05, 0.1) is 4.90 Å². The second kappa shape index (κ2) is 10.6. The van der Waals surface area contributed by atoms with E-state index < -0.39 is 10.0 Å². The Labute approximate surface area is 205 Å². The van der Waals surface area contributed by atoms with E-state index in [-0.39, 0.29) is 28.7 Å². The van der Waals surface area contributed by atoms with Gasteiger partial charge in [-0.3, -0.25) is 14.4 Å². The van der Waals surface area contributed by atoms with Gasteiger partial charge in [0.15, 0.2) is 0 Å². The normalized spacial score (nSPS) is 17.4. The molecule has 0 saturated carbocycles. The molecule has 2 aliphatic heterocycles. The van der Waals surface area contributed by atoms with E-state index in [4.69, 9.17) is 0 Å². The average Bonchev–Trinajstić information content (AvgIpc) is 3.24. The molecule has 2 N–H and O–H groups in total. The summed E-state index contributed by atoms with van der Waals surface area (Å²) in [6.07, 6.45) is 2.53. The standard InChI is InChI=1S/C25H30N4O5S/c1-18(30)26-21-8-10-23(11-9-21)35(33,34)29-15-12-22(13-16-29)27-25(32)20-6-4-19(5-7-20)17-28-14-2-3-24(28)31/h4-11,22H,2-3,12-17H2,1H3,(H,26,30)(H,27,32). The first kappa shape index (κ1) is 24.9. The van der Waals surface area contributed by atoms with Crippen LogP contribution in [0.4, 0.5) is 5.69 Å². The van der Waals surface area contributed by atoms with Crippen molar-refractivity contribution in [1.29, 1.82) is 0 Å². The lowest BCUT2D eigenvalue weighted by molar-refractivity contribution is -0.128. The van der Waals surface area contributed by atoms with Crippen LogP contribution in [0, 0.1) is 0 Å². The van der Waals surface area contributed by atoms with Gasteiger partial charge in [0, 0.05) is 56.8 Å². The number of piperidine rings is 1. The van der Waals surface area contributed by atoms with E-state index >= 15 is 0 Å². The van der Waals surface area contributed by atoms with Crippen molar-refractivity contribution in [2.75, 3.05) is 25.0 Å². The smallest absolute Gasteiger partial charge is 0.251 e. The number of hydrogen-bond donors (Lipinski definition) is 2. The molecule has 10 heteroatoms. The van der Waals surface area contributed by atoms with Crippen LogP contribution in [0.15, 0.2) is 53.4 Å². The third kappa shape index (κ3) is 6.07. The van der Waals surface area contributed by atoms with Gasteiger partial charge in [-0.15, -0.1) is 0 Å². The minimum absolute atomic E-state index is 0.113. The fourth-order valence-electron chi connectivity index (χ4n) is 4.42. The van der Waals surface area contributed by atoms with E-state index in [0.717, 1.165) is 18.5 Å². The fourth-order valence-corrected chi connectivity index (χ4v) is 5.89. The molecule has 186 valence electrons. The minimum atomic E-state index is -3.65. The summed E-state index contributed by atoms with van der Waals surface area (Å²) in [7, 11) is -3.65. The lowest BCUT2D eigenvalue weighted by atomic mass is 10.1. The van der Waals surface area contributed by atoms with E-state index in [0.29, 0.717) is 50.1 Å². The van der Waals surface area contributed by atoms with E-state index in [9.17, 15) is 22.8 Å². The van der Waals surface area contributed by atoms with Gasteiger partial charge in [-0.25, -0.2) is 8.42 Å². The quantitative estimate of drug-likeness (QED) is 0.608. The number of benzene rings is 2. The van der Waals surface area contributed by atoms with E-state index in [1.807, 2.05) is 17.0 Å². The first-order chi connectivity index (χ1) is 16.7. The summed E-state index contributed by atoms with van der Waals surface area (Å²) in [6, 6.07) is 13.2. The zero-order valence-corrected chi connectivity index (χ0v) is 20.5. The maximum absolute atomic E-state index is 13.0. The zero-order valence-electron chi connectivity index (χ0n) is 19.7. The van der Waals surface area contributed by atoms with Gasteiger partial charge in [0.1, 0.15) is 0 Å². The van der Waals surface area contributed by atoms with E-state index in [1.54, 1.807) is 24.3 Å². The van der Waals surface area contributed by atoms with Crippen molar-refractivity contribution in [1.82, 2.24) is 14.5 Å². The van der Waals surface area contributed by atoms with Gasteiger partial charge < -0.3 is 15.5 Å². The molecule has 0 unspecified atom stereocenters. The number of carbonyl (C=O) groups is 3. The Kier molecular flexibility index (Phi) is 7.51. The summed E-state index contributed by atoms with van der Waals surface area (Å²) in [4.78, 5) is 37.6. The number of amides is 3. The minimum Gasteiger partial charge on any atom is -0.349 e. The van der Waals surface area contributed by atoms with Crippen LogP contribution in [-0.4, -0.2) is 61.0 Å². The zero-order chi connectivity index (χ0) is 25.0. The SMILES string of the molecule is CC(=O)Nc1ccc(S(=O)(=O)N2CCC(NC(=O)c3ccc(CN4CCCC4=O)cc3)CC2)cc1. The summed E-state index contributed by atoms with van der Waals surface area (Å²) in [5.74, 6) is -0.245. The molecule has 0 spiro atoms. The van der Waals surface area contributed by atoms with Crippen LogP contribution in [0.5, 0.6) is 0 Å². The van der Waals surface area contributed by atoms with Crippen LogP contribution in [0.3, 0.4) is 0 Å². The van der Waals surface area contributed by atoms with Gasteiger partial charge in [-0.05, 0) is 61.2 Å². The molecular weight excluding hydrogens is 468 g/mol. The Morgan fingerprint density at radius 3 is 2.20 bits per heavy atom. The maximum Gasteiger partial charge on any atom is 0.251 e. The van der Waals surface area contributed by atoms with Crippen LogP contribution < -0.4 is 10.6 Å². The van der Waals surface area contributed by atoms with Crippen molar-refractivity contribution in [3.8, 4) is 0 Å². The highest BCUT2D eigenvalue weighted by atomic mass is 32.2. The first-order valence-corrected chi connectivity index (χ1v) is 13.2. The summed E-state index contributed by atoms with van der Waals surface area (Å²) < 4.78 is 27.4. The number of carbonyl (C=O) groups excluding carboxylic acids is 3. The summed E-state index contributed by atoms with van der Waals surface area (Å²) in [5.41, 5.74) is 2.06. The van der Waals surface area contributed by atoms with Crippen molar-refractivity contribution < 1.29 is 22.8 Å². The molecule has 2 heterocycles. The Balaban J connectivity index is 1.28. The van der Waals surface area contributed by atoms with Crippen molar-refractivity contribution in [2.45, 2.75) is 50.1 Å². The van der Waals surface area contributed by atoms with Crippen LogP contribution >= 0.6 is 0 Å². The predicted octanol–water partition coefficient (Wildman–Crippen LogP) is 2.35. The van der Waals surface area contributed by atoms with Crippen LogP contribution in [0.1, 0.15) is 48.5 Å². The topological polar surface area (TPSA) is 116 Å². The molecule has 35 heavy (non-hydrogen) atoms. The molecule has 0 aliphatic carbocycles. The largest absolute Gasteiger partial charge is 0.349 e. The molecule has 4 rings (SSSR count). The molecular formula is C25H30N4O5S. The fraction of sp³-hybridized carbons (Fsp3) is 0.400. The number of rotatable bonds is 7. The monoisotopic (exact) mass is 498 g/mol. The molecule has 3 amide bonds. The van der Waals surface area contributed by atoms with Gasteiger partial charge in [-0.1, -0.05) is 12.1 Å². The van der Waals surface area contributed by atoms with Gasteiger partial charge in [0.25, 0.3) is 5.91 Å². The van der Waals surface area contributed by atoms with Crippen molar-refractivity contribution >= 4 is 33.4 Å². The number of hydrogen-bond acceptors (Lipinski definition) is 5. The molecule has 2 aromatic carbocycles. The molecule has 2 aliphatic rings. The van der Waals surface area contributed by atoms with E-state index in [2.05, 4.69) is 10.6 Å². The summed E-state index contributed by atoms with van der Waals surface area (Å²) in [5, 5.41) is 5.63. The third-order valence-corrected chi connectivity index (χ3v) is 8.28. The second-order valence-electron chi connectivity index (χ2n) is 8.97. The number of likely N-dealkylation sites (tertiary alicyclic amines) is 1. The second-order valence-corrected chi connectivity index (χ2v) is 10.9. The number of nitrogens with one attached hydrogen (secondary N) is 2. The Hall–Kier alpha value is -3.24. The summed E-state index contributed by atoms with van der Waals surface area (Å²) in [6.45, 7) is 3.34. The van der Waals surface area contributed by atoms with Crippen molar-refractivity contribution in [3.05, 3.63) is 59.7 Å². The lowest BCUT2D eigenvalue weighted by Crippen LogP contribution is -2.46. The Bertz CT molecular complexity index is 1190. The Morgan fingerprint density at radius 1 is 0.971 bits per heavy atom. The molecule has 2 fully saturated rings. The Morgan fingerprint density at radius 2 is 1.63 bits per heavy atom. The summed E-state index contributed by atoms with van der Waals surface area (Å²) >= 11 is 0. The van der Waals surface area contributed by atoms with Crippen molar-refractivity contribution in [3.63, 3.8) is 0 Å². The van der Waals surface area contributed by atoms with Gasteiger partial charge in [0.2, 0.25) is 21.8 Å².